The van der Waals surface area contributed by atoms with Gasteiger partial charge in [-0.05, 0) is 23.8 Å². The maximum Gasteiger partial charge on any atom is 0.328 e. The molecular weight excluding hydrogens is 266 g/mol. The number of hydrogen-bond donors (Lipinski definition) is 2. The summed E-state index contributed by atoms with van der Waals surface area (Å²) in [6, 6.07) is 4.92. The van der Waals surface area contributed by atoms with Crippen molar-refractivity contribution in [2.24, 2.45) is 5.41 Å². The Labute approximate surface area is 117 Å². The van der Waals surface area contributed by atoms with Crippen LogP contribution < -0.4 is 5.32 Å². The quantitative estimate of drug-likeness (QED) is 0.834. The second kappa shape index (κ2) is 5.89. The SMILES string of the molecule is CC(C)(C)C(=O)Nc1cc(/C=C/C(=O)O)ccc1Cl. The van der Waals surface area contributed by atoms with Crippen LogP contribution >= 0.6 is 11.6 Å². The lowest BCUT2D eigenvalue weighted by molar-refractivity contribution is -0.131. The number of amides is 1. The van der Waals surface area contributed by atoms with Crippen molar-refractivity contribution in [3.8, 4) is 0 Å². The van der Waals surface area contributed by atoms with Crippen LogP contribution in [0.5, 0.6) is 0 Å². The molecule has 0 aliphatic rings. The third kappa shape index (κ3) is 4.75. The minimum Gasteiger partial charge on any atom is -0.478 e. The van der Waals surface area contributed by atoms with Gasteiger partial charge in [-0.25, -0.2) is 4.79 Å². The molecule has 0 spiro atoms. The molecule has 0 unspecified atom stereocenters. The van der Waals surface area contributed by atoms with Gasteiger partial charge in [-0.2, -0.15) is 0 Å². The van der Waals surface area contributed by atoms with E-state index in [9.17, 15) is 9.59 Å². The summed E-state index contributed by atoms with van der Waals surface area (Å²) >= 11 is 6.00. The third-order valence-electron chi connectivity index (χ3n) is 2.34. The van der Waals surface area contributed by atoms with Gasteiger partial charge in [0.05, 0.1) is 10.7 Å². The Morgan fingerprint density at radius 1 is 1.32 bits per heavy atom. The zero-order valence-electron chi connectivity index (χ0n) is 11.0. The van der Waals surface area contributed by atoms with Crippen LogP contribution in [0.2, 0.25) is 5.02 Å². The van der Waals surface area contributed by atoms with E-state index in [0.717, 1.165) is 6.08 Å². The first-order valence-electron chi connectivity index (χ1n) is 5.72. The van der Waals surface area contributed by atoms with E-state index >= 15 is 0 Å². The van der Waals surface area contributed by atoms with Crippen molar-refractivity contribution in [3.63, 3.8) is 0 Å². The van der Waals surface area contributed by atoms with Gasteiger partial charge in [0.2, 0.25) is 5.91 Å². The van der Waals surface area contributed by atoms with Crippen molar-refractivity contribution >= 4 is 35.2 Å². The summed E-state index contributed by atoms with van der Waals surface area (Å²) in [7, 11) is 0. The predicted octanol–water partition coefficient (Wildman–Crippen LogP) is 3.42. The van der Waals surface area contributed by atoms with Crippen molar-refractivity contribution in [3.05, 3.63) is 34.9 Å². The maximum absolute atomic E-state index is 11.9. The molecule has 0 bridgehead atoms. The monoisotopic (exact) mass is 281 g/mol. The van der Waals surface area contributed by atoms with Crippen molar-refractivity contribution < 1.29 is 14.7 Å². The Bertz CT molecular complexity index is 530. The molecule has 1 aromatic carbocycles. The minimum atomic E-state index is -1.03. The summed E-state index contributed by atoms with van der Waals surface area (Å²) in [4.78, 5) is 22.3. The molecule has 0 saturated carbocycles. The highest BCUT2D eigenvalue weighted by molar-refractivity contribution is 6.33. The Morgan fingerprint density at radius 2 is 1.95 bits per heavy atom. The smallest absolute Gasteiger partial charge is 0.328 e. The van der Waals surface area contributed by atoms with Gasteiger partial charge in [0, 0.05) is 11.5 Å². The molecule has 1 aromatic rings. The van der Waals surface area contributed by atoms with Crippen LogP contribution in [0.3, 0.4) is 0 Å². The lowest BCUT2D eigenvalue weighted by Crippen LogP contribution is -2.27. The fourth-order valence-corrected chi connectivity index (χ4v) is 1.38. The lowest BCUT2D eigenvalue weighted by atomic mass is 9.95. The number of benzene rings is 1. The van der Waals surface area contributed by atoms with Crippen molar-refractivity contribution in [2.45, 2.75) is 20.8 Å². The van der Waals surface area contributed by atoms with E-state index in [1.54, 1.807) is 39.0 Å². The average Bonchev–Trinajstić information content (AvgIpc) is 2.28. The molecule has 0 saturated heterocycles. The Hall–Kier alpha value is -1.81. The summed E-state index contributed by atoms with van der Waals surface area (Å²) < 4.78 is 0. The van der Waals surface area contributed by atoms with E-state index in [2.05, 4.69) is 5.32 Å². The van der Waals surface area contributed by atoms with Gasteiger partial charge in [-0.3, -0.25) is 4.79 Å². The van der Waals surface area contributed by atoms with Gasteiger partial charge in [-0.1, -0.05) is 38.4 Å². The van der Waals surface area contributed by atoms with Crippen LogP contribution in [-0.4, -0.2) is 17.0 Å². The van der Waals surface area contributed by atoms with Crippen LogP contribution in [-0.2, 0) is 9.59 Å². The number of anilines is 1. The molecule has 2 N–H and O–H groups in total. The zero-order chi connectivity index (χ0) is 14.6. The van der Waals surface area contributed by atoms with Crippen molar-refractivity contribution in [1.82, 2.24) is 0 Å². The molecule has 19 heavy (non-hydrogen) atoms. The van der Waals surface area contributed by atoms with Gasteiger partial charge in [-0.15, -0.1) is 0 Å². The van der Waals surface area contributed by atoms with Gasteiger partial charge < -0.3 is 10.4 Å². The van der Waals surface area contributed by atoms with E-state index in [1.807, 2.05) is 0 Å². The summed E-state index contributed by atoms with van der Waals surface area (Å²) in [5.74, 6) is -1.19. The first kappa shape index (κ1) is 15.2. The van der Waals surface area contributed by atoms with Crippen LogP contribution in [0.25, 0.3) is 6.08 Å². The molecule has 0 fully saturated rings. The second-order valence-corrected chi connectivity index (χ2v) is 5.52. The molecular formula is C14H16ClNO3. The first-order valence-corrected chi connectivity index (χ1v) is 6.10. The number of carboxylic acid groups (broad SMARTS) is 1. The third-order valence-corrected chi connectivity index (χ3v) is 2.67. The van der Waals surface area contributed by atoms with E-state index in [-0.39, 0.29) is 5.91 Å². The van der Waals surface area contributed by atoms with Crippen molar-refractivity contribution in [1.29, 1.82) is 0 Å². The summed E-state index contributed by atoms with van der Waals surface area (Å²) in [5.41, 5.74) is 0.584. The minimum absolute atomic E-state index is 0.159. The molecule has 0 atom stereocenters. The molecule has 4 nitrogen and oxygen atoms in total. The Morgan fingerprint density at radius 3 is 2.47 bits per heavy atom. The Kier molecular flexibility index (Phi) is 4.72. The predicted molar refractivity (Wildman–Crippen MR) is 76.2 cm³/mol. The van der Waals surface area contributed by atoms with Crippen LogP contribution in [0.1, 0.15) is 26.3 Å². The first-order chi connectivity index (χ1) is 8.70. The standard InChI is InChI=1S/C14H16ClNO3/c1-14(2,3)13(19)16-11-8-9(4-6-10(11)15)5-7-12(17)18/h4-8H,1-3H3,(H,16,19)(H,17,18)/b7-5+. The zero-order valence-corrected chi connectivity index (χ0v) is 11.8. The number of carbonyl (C=O) groups is 2. The summed E-state index contributed by atoms with van der Waals surface area (Å²) in [5, 5.41) is 11.7. The largest absolute Gasteiger partial charge is 0.478 e. The highest BCUT2D eigenvalue weighted by Gasteiger charge is 2.21. The van der Waals surface area contributed by atoms with Crippen molar-refractivity contribution in [2.75, 3.05) is 5.32 Å². The van der Waals surface area contributed by atoms with Crippen LogP contribution in [0.4, 0.5) is 5.69 Å². The highest BCUT2D eigenvalue weighted by Crippen LogP contribution is 2.26. The van der Waals surface area contributed by atoms with E-state index in [4.69, 9.17) is 16.7 Å². The maximum atomic E-state index is 11.9. The average molecular weight is 282 g/mol. The molecule has 0 aliphatic carbocycles. The normalized spacial score (nSPS) is 11.6. The van der Waals surface area contributed by atoms with Crippen LogP contribution in [0, 0.1) is 5.41 Å². The number of halogens is 1. The molecule has 0 radical (unpaired) electrons. The fraction of sp³-hybridized carbons (Fsp3) is 0.286. The Balaban J connectivity index is 2.98. The van der Waals surface area contributed by atoms with E-state index in [1.165, 1.54) is 6.08 Å². The number of rotatable bonds is 3. The van der Waals surface area contributed by atoms with E-state index < -0.39 is 11.4 Å². The number of aliphatic carboxylic acids is 1. The topological polar surface area (TPSA) is 66.4 Å². The second-order valence-electron chi connectivity index (χ2n) is 5.11. The lowest BCUT2D eigenvalue weighted by Gasteiger charge is -2.18. The van der Waals surface area contributed by atoms with Gasteiger partial charge >= 0.3 is 5.97 Å². The number of carbonyl (C=O) groups excluding carboxylic acids is 1. The molecule has 0 aliphatic heterocycles. The van der Waals surface area contributed by atoms with Crippen LogP contribution in [0.15, 0.2) is 24.3 Å². The number of nitrogens with one attached hydrogen (secondary N) is 1. The molecule has 1 rings (SSSR count). The van der Waals surface area contributed by atoms with Gasteiger partial charge in [0.1, 0.15) is 0 Å². The van der Waals surface area contributed by atoms with Gasteiger partial charge in [0.25, 0.3) is 0 Å². The molecule has 5 heteroatoms. The summed E-state index contributed by atoms with van der Waals surface area (Å²) in [6.07, 6.45) is 2.46. The highest BCUT2D eigenvalue weighted by atomic mass is 35.5. The molecule has 1 amide bonds. The summed E-state index contributed by atoms with van der Waals surface area (Å²) in [6.45, 7) is 5.39. The number of carboxylic acids is 1. The fourth-order valence-electron chi connectivity index (χ4n) is 1.22. The van der Waals surface area contributed by atoms with E-state index in [0.29, 0.717) is 16.3 Å². The molecule has 102 valence electrons. The number of hydrogen-bond acceptors (Lipinski definition) is 2. The molecule has 0 aromatic heterocycles. The molecule has 0 heterocycles. The van der Waals surface area contributed by atoms with Gasteiger partial charge in [0.15, 0.2) is 0 Å².